The average Bonchev–Trinajstić information content (AvgIpc) is 3.15. The Morgan fingerprint density at radius 3 is 0.500 bits per heavy atom. The molecule has 0 saturated heterocycles. The van der Waals surface area contributed by atoms with Gasteiger partial charge in [0.2, 0.25) is 0 Å². The molecule has 0 heterocycles. The van der Waals surface area contributed by atoms with Crippen LogP contribution in [0.5, 0.6) is 0 Å². The van der Waals surface area contributed by atoms with Crippen LogP contribution in [0.3, 0.4) is 0 Å². The third-order valence-corrected chi connectivity index (χ3v) is 31.7. The van der Waals surface area contributed by atoms with E-state index in [-0.39, 0.29) is 33.0 Å². The second kappa shape index (κ2) is 29.4. The minimum atomic E-state index is -0.775. The van der Waals surface area contributed by atoms with Gasteiger partial charge in [0.15, 0.2) is 0 Å². The van der Waals surface area contributed by atoms with Gasteiger partial charge in [-0.05, 0) is 159 Å². The standard InChI is InChI=1S/2C25H39P3.N2.2Ni/c2*1-18(2)27(19(3)4)24-16-12-10-14-22(24)26(9)23-15-11-13-17-25(23)28(20(5)6)21(7)8;1-2;;/h2*10-21H,1-9H3;;;/p+6. The van der Waals surface area contributed by atoms with E-state index >= 15 is 0 Å². The summed E-state index contributed by atoms with van der Waals surface area (Å²) in [6.45, 7) is 44.0. The fourth-order valence-electron chi connectivity index (χ4n) is 9.69. The molecule has 0 saturated carbocycles. The maximum atomic E-state index is 6.00. The Morgan fingerprint density at radius 2 is 0.383 bits per heavy atom. The van der Waals surface area contributed by atoms with Gasteiger partial charge in [-0.2, -0.15) is 0 Å². The minimum absolute atomic E-state index is 0. The maximum Gasteiger partial charge on any atom is 0.138 e. The van der Waals surface area contributed by atoms with E-state index in [1.165, 1.54) is 0 Å². The monoisotopic (exact) mass is 1010 g/mol. The van der Waals surface area contributed by atoms with Crippen LogP contribution in [0.15, 0.2) is 97.1 Å². The molecule has 0 aliphatic rings. The van der Waals surface area contributed by atoms with E-state index < -0.39 is 47.5 Å². The maximum absolute atomic E-state index is 6.00. The summed E-state index contributed by atoms with van der Waals surface area (Å²) in [5.41, 5.74) is 6.13. The Morgan fingerprint density at radius 1 is 0.267 bits per heavy atom. The van der Waals surface area contributed by atoms with E-state index in [0.29, 0.717) is 0 Å². The first-order valence-corrected chi connectivity index (χ1v) is 32.7. The Bertz CT molecular complexity index is 1540. The van der Waals surface area contributed by atoms with Crippen LogP contribution in [0.25, 0.3) is 0 Å². The van der Waals surface area contributed by atoms with Crippen LogP contribution < -0.4 is 42.4 Å². The average molecular weight is 1020 g/mol. The van der Waals surface area contributed by atoms with Gasteiger partial charge in [0.1, 0.15) is 42.4 Å². The molecule has 2 nitrogen and oxygen atoms in total. The van der Waals surface area contributed by atoms with Crippen LogP contribution in [0.4, 0.5) is 0 Å². The first-order valence-electron chi connectivity index (χ1n) is 22.1. The van der Waals surface area contributed by atoms with Gasteiger partial charge in [0, 0.05) is 75.5 Å². The fraction of sp³-hybridized carbons (Fsp3) is 0.520. The van der Waals surface area contributed by atoms with Crippen LogP contribution in [0.2, 0.25) is 0 Å². The second-order valence-electron chi connectivity index (χ2n) is 18.5. The molecule has 0 bridgehead atoms. The van der Waals surface area contributed by atoms with E-state index in [1.807, 2.05) is 0 Å². The van der Waals surface area contributed by atoms with Crippen LogP contribution in [-0.4, -0.2) is 58.6 Å². The number of nitrogens with zero attached hydrogens (tertiary/aromatic N) is 2. The molecule has 0 fully saturated rings. The van der Waals surface area contributed by atoms with E-state index in [4.69, 9.17) is 10.8 Å². The van der Waals surface area contributed by atoms with Crippen molar-refractivity contribution in [1.29, 1.82) is 10.8 Å². The molecule has 0 aromatic heterocycles. The number of hydrogen-bond donors (Lipinski definition) is 0. The minimum Gasteiger partial charge on any atom is -0.0581 e. The summed E-state index contributed by atoms with van der Waals surface area (Å²) >= 11 is 0. The van der Waals surface area contributed by atoms with Gasteiger partial charge in [-0.25, -0.2) is 0 Å². The van der Waals surface area contributed by atoms with Gasteiger partial charge in [-0.15, -0.1) is 0 Å². The molecule has 0 unspecified atom stereocenters. The number of hydrogen-bond acceptors (Lipinski definition) is 2. The smallest absolute Gasteiger partial charge is 0.0581 e. The predicted molar refractivity (Wildman–Crippen MR) is 289 cm³/mol. The molecule has 0 atom stereocenters. The summed E-state index contributed by atoms with van der Waals surface area (Å²) < 4.78 is 0. The third-order valence-electron chi connectivity index (χ3n) is 11.5. The first-order chi connectivity index (χ1) is 27.3. The summed E-state index contributed by atoms with van der Waals surface area (Å²) in [4.78, 5) is 0. The predicted octanol–water partition coefficient (Wildman–Crippen LogP) is 11.6. The van der Waals surface area contributed by atoms with Gasteiger partial charge in [-0.1, -0.05) is 48.5 Å². The van der Waals surface area contributed by atoms with Gasteiger partial charge >= 0.3 is 0 Å². The molecule has 0 N–H and O–H groups in total. The van der Waals surface area contributed by atoms with Crippen molar-refractivity contribution >= 4 is 90.0 Å². The number of benzene rings is 4. The van der Waals surface area contributed by atoms with Crippen molar-refractivity contribution in [2.24, 2.45) is 0 Å². The molecule has 0 amide bonds. The molecule has 10 heteroatoms. The van der Waals surface area contributed by atoms with Crippen molar-refractivity contribution in [2.45, 2.75) is 156 Å². The molecule has 4 rings (SSSR count). The molecular formula is C50H84N2Ni2P6+6. The van der Waals surface area contributed by atoms with Crippen molar-refractivity contribution in [3.8, 4) is 0 Å². The van der Waals surface area contributed by atoms with Crippen LogP contribution in [-0.2, 0) is 33.0 Å². The Labute approximate surface area is 397 Å². The SMILES string of the molecule is CC(C)[PH+](c1ccccc1[PH+](C)c1ccccc1[PH+](C(C)C)C(C)C)C(C)C.CC(C)[PH+](c1ccccc1[PH+](C)c1ccccc1[PH+](C(C)C)C(C)C)C(C)C.N#N.[Ni].[Ni]. The van der Waals surface area contributed by atoms with Crippen LogP contribution in [0.1, 0.15) is 111 Å². The molecule has 0 aliphatic carbocycles. The molecule has 4 aromatic rings. The van der Waals surface area contributed by atoms with E-state index in [2.05, 4.69) is 221 Å². The third kappa shape index (κ3) is 16.1. The summed E-state index contributed by atoms with van der Waals surface area (Å²) in [5.74, 6) is 0. The Kier molecular flexibility index (Phi) is 29.3. The molecule has 0 aliphatic heterocycles. The zero-order valence-corrected chi connectivity index (χ0v) is 48.4. The van der Waals surface area contributed by atoms with E-state index in [1.54, 1.807) is 42.4 Å². The number of rotatable bonds is 16. The van der Waals surface area contributed by atoms with E-state index in [9.17, 15) is 0 Å². The summed E-state index contributed by atoms with van der Waals surface area (Å²) in [6.07, 6.45) is 0. The van der Waals surface area contributed by atoms with Crippen molar-refractivity contribution in [3.05, 3.63) is 97.1 Å². The molecule has 0 spiro atoms. The molecule has 0 radical (unpaired) electrons. The zero-order valence-electron chi connectivity index (χ0n) is 40.4. The normalized spacial score (nSPS) is 11.8. The van der Waals surface area contributed by atoms with Gasteiger partial charge in [0.25, 0.3) is 0 Å². The van der Waals surface area contributed by atoms with Crippen LogP contribution >= 0.6 is 47.5 Å². The molecule has 338 valence electrons. The summed E-state index contributed by atoms with van der Waals surface area (Å²) in [6, 6.07) is 37.8. The van der Waals surface area contributed by atoms with Gasteiger partial charge in [-0.3, -0.25) is 0 Å². The van der Waals surface area contributed by atoms with Crippen molar-refractivity contribution in [2.75, 3.05) is 13.3 Å². The zero-order chi connectivity index (χ0) is 44.0. The van der Waals surface area contributed by atoms with E-state index in [0.717, 1.165) is 45.3 Å². The van der Waals surface area contributed by atoms with Crippen molar-refractivity contribution < 1.29 is 33.0 Å². The summed E-state index contributed by atoms with van der Waals surface area (Å²) in [7, 11) is -3.82. The van der Waals surface area contributed by atoms with Gasteiger partial charge < -0.3 is 0 Å². The van der Waals surface area contributed by atoms with Crippen LogP contribution in [0, 0.1) is 10.8 Å². The fourth-order valence-corrected chi connectivity index (χ4v) is 30.6. The molecule has 4 aromatic carbocycles. The quantitative estimate of drug-likeness (QED) is 0.0638. The molecule has 60 heavy (non-hydrogen) atoms. The van der Waals surface area contributed by atoms with Crippen molar-refractivity contribution in [3.63, 3.8) is 0 Å². The first kappa shape index (κ1) is 59.9. The topological polar surface area (TPSA) is 47.6 Å². The Hall–Kier alpha value is -0.133. The summed E-state index contributed by atoms with van der Waals surface area (Å²) in [5, 5.41) is 25.5. The molecular weight excluding hydrogens is 932 g/mol. The van der Waals surface area contributed by atoms with Crippen molar-refractivity contribution in [1.82, 2.24) is 0 Å². The van der Waals surface area contributed by atoms with Gasteiger partial charge in [0.05, 0.1) is 74.4 Å². The largest absolute Gasteiger partial charge is 0.138 e. The Balaban J connectivity index is 0.00000108. The second-order valence-corrected chi connectivity index (χ2v) is 38.2.